The second-order valence-electron chi connectivity index (χ2n) is 5.70. The molecule has 3 rings (SSSR count). The van der Waals surface area contributed by atoms with E-state index >= 15 is 0 Å². The van der Waals surface area contributed by atoms with Gasteiger partial charge in [0.05, 0.1) is 11.8 Å². The van der Waals surface area contributed by atoms with E-state index in [4.69, 9.17) is 4.74 Å². The van der Waals surface area contributed by atoms with Gasteiger partial charge < -0.3 is 25.6 Å². The first kappa shape index (κ1) is 16.3. The number of nitrogens with one attached hydrogen (secondary N) is 2. The van der Waals surface area contributed by atoms with Crippen molar-refractivity contribution in [3.8, 4) is 11.5 Å². The quantitative estimate of drug-likeness (QED) is 0.605. The van der Waals surface area contributed by atoms with Crippen molar-refractivity contribution in [2.45, 2.75) is 12.5 Å². The van der Waals surface area contributed by atoms with Crippen molar-refractivity contribution in [3.63, 3.8) is 0 Å². The fraction of sp³-hybridized carbons (Fsp3) is 0.278. The van der Waals surface area contributed by atoms with Crippen molar-refractivity contribution in [2.24, 2.45) is 0 Å². The van der Waals surface area contributed by atoms with E-state index in [1.54, 1.807) is 0 Å². The predicted octanol–water partition coefficient (Wildman–Crippen LogP) is 1.59. The highest BCUT2D eigenvalue weighted by Crippen LogP contribution is 2.38. The van der Waals surface area contributed by atoms with E-state index in [0.717, 1.165) is 13.0 Å². The van der Waals surface area contributed by atoms with Crippen molar-refractivity contribution in [2.75, 3.05) is 25.0 Å². The lowest BCUT2D eigenvalue weighted by Crippen LogP contribution is -2.28. The molecular formula is C18H20N2O4. The molecule has 2 aromatic rings. The molecule has 0 aromatic heterocycles. The number of aromatic hydroxyl groups is 1. The molecule has 0 bridgehead atoms. The first-order chi connectivity index (χ1) is 11.6. The number of hydrogen-bond acceptors (Lipinski definition) is 5. The van der Waals surface area contributed by atoms with Gasteiger partial charge in [0.2, 0.25) is 0 Å². The molecule has 1 unspecified atom stereocenters. The predicted molar refractivity (Wildman–Crippen MR) is 90.2 cm³/mol. The molecule has 0 spiro atoms. The summed E-state index contributed by atoms with van der Waals surface area (Å²) in [7, 11) is 0. The molecule has 1 heterocycles. The van der Waals surface area contributed by atoms with Gasteiger partial charge in [-0.15, -0.1) is 0 Å². The molecule has 1 atom stereocenters. The van der Waals surface area contributed by atoms with Gasteiger partial charge in [0, 0.05) is 18.2 Å². The maximum Gasteiger partial charge on any atom is 0.262 e. The van der Waals surface area contributed by atoms with E-state index in [-0.39, 0.29) is 18.3 Å². The minimum atomic E-state index is -0.850. The van der Waals surface area contributed by atoms with Gasteiger partial charge in [-0.05, 0) is 24.6 Å². The van der Waals surface area contributed by atoms with Crippen LogP contribution in [0.25, 0.3) is 0 Å². The number of ether oxygens (including phenoxy) is 1. The molecule has 0 aliphatic carbocycles. The standard InChI is InChI=1S/C18H20N2O4/c21-13-8-14(18-15(9-13)20-17(23)11-24-18)16(22)10-19-7-6-12-4-2-1-3-5-12/h1-5,8-9,16,19,21-22H,6-7,10-11H2,(H,20,23). The fourth-order valence-electron chi connectivity index (χ4n) is 2.69. The molecule has 0 saturated carbocycles. The summed E-state index contributed by atoms with van der Waals surface area (Å²) in [6.45, 7) is 0.943. The lowest BCUT2D eigenvalue weighted by molar-refractivity contribution is -0.118. The van der Waals surface area contributed by atoms with Gasteiger partial charge in [0.15, 0.2) is 6.61 Å². The van der Waals surface area contributed by atoms with E-state index < -0.39 is 6.10 Å². The molecule has 0 saturated heterocycles. The summed E-state index contributed by atoms with van der Waals surface area (Å²) in [5.74, 6) is 0.0946. The monoisotopic (exact) mass is 328 g/mol. The summed E-state index contributed by atoms with van der Waals surface area (Å²) in [6.07, 6.45) is 0.00904. The summed E-state index contributed by atoms with van der Waals surface area (Å²) in [5.41, 5.74) is 2.06. The number of aliphatic hydroxyl groups excluding tert-OH is 1. The largest absolute Gasteiger partial charge is 0.508 e. The average molecular weight is 328 g/mol. The molecule has 4 N–H and O–H groups in total. The highest BCUT2D eigenvalue weighted by Gasteiger charge is 2.23. The molecule has 0 fully saturated rings. The zero-order chi connectivity index (χ0) is 16.9. The number of carbonyl (C=O) groups is 1. The molecule has 0 radical (unpaired) electrons. The molecule has 1 amide bonds. The van der Waals surface area contributed by atoms with E-state index in [0.29, 0.717) is 23.5 Å². The average Bonchev–Trinajstić information content (AvgIpc) is 2.58. The van der Waals surface area contributed by atoms with Gasteiger partial charge in [-0.25, -0.2) is 0 Å². The van der Waals surface area contributed by atoms with Crippen LogP contribution in [0, 0.1) is 0 Å². The van der Waals surface area contributed by atoms with Gasteiger partial charge in [-0.2, -0.15) is 0 Å². The second kappa shape index (κ2) is 7.33. The van der Waals surface area contributed by atoms with Crippen LogP contribution >= 0.6 is 0 Å². The van der Waals surface area contributed by atoms with Gasteiger partial charge in [-0.1, -0.05) is 30.3 Å². The summed E-state index contributed by atoms with van der Waals surface area (Å²) in [5, 5.41) is 26.0. The molecule has 1 aliphatic rings. The Bertz CT molecular complexity index is 718. The summed E-state index contributed by atoms with van der Waals surface area (Å²) < 4.78 is 5.41. The fourth-order valence-corrected chi connectivity index (χ4v) is 2.69. The SMILES string of the molecule is O=C1COc2c(cc(O)cc2C(O)CNCCc2ccccc2)N1. The van der Waals surface area contributed by atoms with Gasteiger partial charge >= 0.3 is 0 Å². The number of phenols is 1. The highest BCUT2D eigenvalue weighted by molar-refractivity contribution is 5.96. The number of carbonyl (C=O) groups excluding carboxylic acids is 1. The number of aliphatic hydroxyl groups is 1. The third kappa shape index (κ3) is 3.84. The smallest absolute Gasteiger partial charge is 0.262 e. The maximum absolute atomic E-state index is 11.4. The first-order valence-corrected chi connectivity index (χ1v) is 7.86. The Morgan fingerprint density at radius 3 is 2.83 bits per heavy atom. The summed E-state index contributed by atoms with van der Waals surface area (Å²) >= 11 is 0. The topological polar surface area (TPSA) is 90.8 Å². The van der Waals surface area contributed by atoms with E-state index in [9.17, 15) is 15.0 Å². The molecule has 2 aromatic carbocycles. The van der Waals surface area contributed by atoms with Crippen LogP contribution in [0.4, 0.5) is 5.69 Å². The van der Waals surface area contributed by atoms with Gasteiger partial charge in [0.25, 0.3) is 5.91 Å². The number of benzene rings is 2. The number of amides is 1. The molecular weight excluding hydrogens is 308 g/mol. The van der Waals surface area contributed by atoms with Crippen LogP contribution < -0.4 is 15.4 Å². The Kier molecular flexibility index (Phi) is 4.98. The Hall–Kier alpha value is -2.57. The first-order valence-electron chi connectivity index (χ1n) is 7.86. The molecule has 1 aliphatic heterocycles. The molecule has 6 nitrogen and oxygen atoms in total. The lowest BCUT2D eigenvalue weighted by atomic mass is 10.0. The Balaban J connectivity index is 1.61. The number of phenolic OH excluding ortho intramolecular Hbond substituents is 1. The van der Waals surface area contributed by atoms with Crippen LogP contribution in [-0.2, 0) is 11.2 Å². The van der Waals surface area contributed by atoms with Crippen molar-refractivity contribution in [1.29, 1.82) is 0 Å². The summed E-state index contributed by atoms with van der Waals surface area (Å²) in [6, 6.07) is 12.9. The van der Waals surface area contributed by atoms with Crippen LogP contribution in [0.1, 0.15) is 17.2 Å². The van der Waals surface area contributed by atoms with Crippen LogP contribution in [-0.4, -0.2) is 35.8 Å². The highest BCUT2D eigenvalue weighted by atomic mass is 16.5. The lowest BCUT2D eigenvalue weighted by Gasteiger charge is -2.23. The zero-order valence-electron chi connectivity index (χ0n) is 13.2. The minimum Gasteiger partial charge on any atom is -0.508 e. The third-order valence-corrected chi connectivity index (χ3v) is 3.85. The van der Waals surface area contributed by atoms with E-state index in [1.165, 1.54) is 17.7 Å². The van der Waals surface area contributed by atoms with Crippen LogP contribution in [0.3, 0.4) is 0 Å². The molecule has 126 valence electrons. The van der Waals surface area contributed by atoms with Crippen molar-refractivity contribution in [1.82, 2.24) is 5.32 Å². The van der Waals surface area contributed by atoms with Crippen LogP contribution in [0.15, 0.2) is 42.5 Å². The van der Waals surface area contributed by atoms with Crippen molar-refractivity contribution in [3.05, 3.63) is 53.6 Å². The third-order valence-electron chi connectivity index (χ3n) is 3.85. The molecule has 24 heavy (non-hydrogen) atoms. The van der Waals surface area contributed by atoms with Crippen LogP contribution in [0.5, 0.6) is 11.5 Å². The maximum atomic E-state index is 11.4. The Labute approximate surface area is 140 Å². The zero-order valence-corrected chi connectivity index (χ0v) is 13.2. The van der Waals surface area contributed by atoms with Gasteiger partial charge in [0.1, 0.15) is 11.5 Å². The van der Waals surface area contributed by atoms with Crippen molar-refractivity contribution >= 4 is 11.6 Å². The summed E-state index contributed by atoms with van der Waals surface area (Å²) in [4.78, 5) is 11.4. The normalized spacial score (nSPS) is 14.5. The van der Waals surface area contributed by atoms with Crippen LogP contribution in [0.2, 0.25) is 0 Å². The minimum absolute atomic E-state index is 0.0297. The Morgan fingerprint density at radius 2 is 2.04 bits per heavy atom. The second-order valence-corrected chi connectivity index (χ2v) is 5.70. The van der Waals surface area contributed by atoms with Crippen molar-refractivity contribution < 1.29 is 19.7 Å². The number of fused-ring (bicyclic) bond motifs is 1. The number of hydrogen-bond donors (Lipinski definition) is 4. The Morgan fingerprint density at radius 1 is 1.25 bits per heavy atom. The van der Waals surface area contributed by atoms with Gasteiger partial charge in [-0.3, -0.25) is 4.79 Å². The van der Waals surface area contributed by atoms with E-state index in [2.05, 4.69) is 22.8 Å². The number of anilines is 1. The molecule has 6 heteroatoms. The number of rotatable bonds is 6. The van der Waals surface area contributed by atoms with E-state index in [1.807, 2.05) is 18.2 Å².